The minimum Gasteiger partial charge on any atom is -0.454 e. The van der Waals surface area contributed by atoms with Crippen molar-refractivity contribution in [2.45, 2.75) is 30.6 Å². The summed E-state index contributed by atoms with van der Waals surface area (Å²) in [5, 5.41) is 0.0777. The number of halogens is 1. The molecule has 2 heterocycles. The molecule has 2 aromatic rings. The number of esters is 1. The average molecular weight is 438 g/mol. The van der Waals surface area contributed by atoms with Gasteiger partial charge in [0.25, 0.3) is 0 Å². The fraction of sp³-hybridized carbons (Fsp3) is 0.350. The lowest BCUT2D eigenvalue weighted by molar-refractivity contribution is 0.0734. The molecule has 29 heavy (non-hydrogen) atoms. The lowest BCUT2D eigenvalue weighted by Crippen LogP contribution is -2.32. The zero-order valence-corrected chi connectivity index (χ0v) is 17.2. The molecule has 2 aromatic carbocycles. The monoisotopic (exact) mass is 437 g/mol. The maximum Gasteiger partial charge on any atom is 0.343 e. The quantitative estimate of drug-likeness (QED) is 0.533. The number of carbonyl (C=O) groups is 1. The molecule has 0 saturated carbocycles. The summed E-state index contributed by atoms with van der Waals surface area (Å²) < 4.78 is 43.5. The molecular weight excluding hydrogens is 418 g/mol. The topological polar surface area (TPSA) is 82.1 Å². The van der Waals surface area contributed by atoms with Crippen LogP contribution in [0.5, 0.6) is 17.2 Å². The fourth-order valence-electron chi connectivity index (χ4n) is 3.36. The van der Waals surface area contributed by atoms with Gasteiger partial charge in [-0.2, -0.15) is 4.31 Å². The molecule has 2 aliphatic heterocycles. The molecular formula is C20H20ClNO6S. The van der Waals surface area contributed by atoms with Gasteiger partial charge in [0.15, 0.2) is 11.5 Å². The highest BCUT2D eigenvalue weighted by Crippen LogP contribution is 2.35. The third-order valence-electron chi connectivity index (χ3n) is 4.90. The summed E-state index contributed by atoms with van der Waals surface area (Å²) in [4.78, 5) is 12.5. The van der Waals surface area contributed by atoms with Crippen LogP contribution in [-0.4, -0.2) is 38.6 Å². The van der Waals surface area contributed by atoms with Crippen LogP contribution in [0.3, 0.4) is 0 Å². The van der Waals surface area contributed by atoms with E-state index in [1.54, 1.807) is 18.2 Å². The second kappa shape index (κ2) is 8.22. The van der Waals surface area contributed by atoms with Crippen molar-refractivity contribution < 1.29 is 27.4 Å². The molecule has 1 fully saturated rings. The smallest absolute Gasteiger partial charge is 0.343 e. The Morgan fingerprint density at radius 2 is 1.69 bits per heavy atom. The number of benzene rings is 2. The number of hydrogen-bond acceptors (Lipinski definition) is 6. The SMILES string of the molecule is O=C(Oc1ccc2c(c1)OCO2)c1ccc(Cl)c(S(=O)(=O)N2CCCCCC2)c1. The minimum atomic E-state index is -3.80. The highest BCUT2D eigenvalue weighted by atomic mass is 35.5. The molecule has 2 aliphatic rings. The van der Waals surface area contributed by atoms with E-state index in [9.17, 15) is 13.2 Å². The van der Waals surface area contributed by atoms with Crippen molar-refractivity contribution in [1.82, 2.24) is 4.31 Å². The molecule has 0 amide bonds. The molecule has 0 aliphatic carbocycles. The van der Waals surface area contributed by atoms with Crippen LogP contribution in [0, 0.1) is 0 Å². The molecule has 0 atom stereocenters. The Bertz CT molecular complexity index is 1030. The Kier molecular flexibility index (Phi) is 5.67. The summed E-state index contributed by atoms with van der Waals surface area (Å²) in [6.07, 6.45) is 3.62. The van der Waals surface area contributed by atoms with Crippen LogP contribution in [0.1, 0.15) is 36.0 Å². The van der Waals surface area contributed by atoms with E-state index in [1.807, 2.05) is 0 Å². The summed E-state index contributed by atoms with van der Waals surface area (Å²) in [6.45, 7) is 1.01. The van der Waals surface area contributed by atoms with Gasteiger partial charge in [0.1, 0.15) is 10.6 Å². The van der Waals surface area contributed by atoms with E-state index in [0.29, 0.717) is 24.6 Å². The zero-order chi connectivity index (χ0) is 20.4. The third-order valence-corrected chi connectivity index (χ3v) is 7.28. The number of ether oxygens (including phenoxy) is 3. The number of rotatable bonds is 4. The normalized spacial score (nSPS) is 17.0. The van der Waals surface area contributed by atoms with Crippen molar-refractivity contribution in [2.24, 2.45) is 0 Å². The Labute approximate surface area is 174 Å². The molecule has 9 heteroatoms. The standard InChI is InChI=1S/C20H20ClNO6S/c21-16-7-5-14(11-19(16)29(24,25)22-9-3-1-2-4-10-22)20(23)28-15-6-8-17-18(12-15)27-13-26-17/h5-8,11-12H,1-4,9-10,13H2. The molecule has 4 rings (SSSR count). The van der Waals surface area contributed by atoms with Crippen molar-refractivity contribution >= 4 is 27.6 Å². The largest absolute Gasteiger partial charge is 0.454 e. The van der Waals surface area contributed by atoms with Gasteiger partial charge < -0.3 is 14.2 Å². The van der Waals surface area contributed by atoms with Crippen LogP contribution in [0.2, 0.25) is 5.02 Å². The first-order chi connectivity index (χ1) is 13.9. The second-order valence-corrected chi connectivity index (χ2v) is 9.18. The first kappa shape index (κ1) is 20.0. The number of hydrogen-bond donors (Lipinski definition) is 0. The number of sulfonamides is 1. The van der Waals surface area contributed by atoms with Crippen molar-refractivity contribution in [2.75, 3.05) is 19.9 Å². The van der Waals surface area contributed by atoms with Crippen molar-refractivity contribution in [3.63, 3.8) is 0 Å². The van der Waals surface area contributed by atoms with Crippen LogP contribution in [0.25, 0.3) is 0 Å². The summed E-state index contributed by atoms with van der Waals surface area (Å²) >= 11 is 6.18. The first-order valence-corrected chi connectivity index (χ1v) is 11.2. The molecule has 1 saturated heterocycles. The molecule has 0 bridgehead atoms. The Balaban J connectivity index is 1.58. The van der Waals surface area contributed by atoms with Gasteiger partial charge in [-0.25, -0.2) is 13.2 Å². The Morgan fingerprint density at radius 1 is 0.966 bits per heavy atom. The predicted octanol–water partition coefficient (Wildman–Crippen LogP) is 3.85. The Hall–Kier alpha value is -2.29. The summed E-state index contributed by atoms with van der Waals surface area (Å²) in [5.41, 5.74) is 0.0977. The van der Waals surface area contributed by atoms with E-state index in [-0.39, 0.29) is 28.0 Å². The van der Waals surface area contributed by atoms with E-state index in [4.69, 9.17) is 25.8 Å². The lowest BCUT2D eigenvalue weighted by Gasteiger charge is -2.21. The van der Waals surface area contributed by atoms with Gasteiger partial charge in [0.05, 0.1) is 10.6 Å². The van der Waals surface area contributed by atoms with Gasteiger partial charge in [0, 0.05) is 19.2 Å². The van der Waals surface area contributed by atoms with Crippen molar-refractivity contribution in [3.05, 3.63) is 47.0 Å². The highest BCUT2D eigenvalue weighted by Gasteiger charge is 2.28. The minimum absolute atomic E-state index is 0.0777. The van der Waals surface area contributed by atoms with Crippen molar-refractivity contribution in [3.8, 4) is 17.2 Å². The second-order valence-electron chi connectivity index (χ2n) is 6.87. The number of nitrogens with zero attached hydrogens (tertiary/aromatic N) is 1. The molecule has 0 unspecified atom stereocenters. The first-order valence-electron chi connectivity index (χ1n) is 9.37. The molecule has 0 spiro atoms. The number of fused-ring (bicyclic) bond motifs is 1. The maximum atomic E-state index is 13.1. The van der Waals surface area contributed by atoms with Crippen LogP contribution in [0.4, 0.5) is 0 Å². The van der Waals surface area contributed by atoms with E-state index in [2.05, 4.69) is 0 Å². The highest BCUT2D eigenvalue weighted by molar-refractivity contribution is 7.89. The number of carbonyl (C=O) groups excluding carboxylic acids is 1. The lowest BCUT2D eigenvalue weighted by atomic mass is 10.2. The van der Waals surface area contributed by atoms with Gasteiger partial charge >= 0.3 is 5.97 Å². The summed E-state index contributed by atoms with van der Waals surface area (Å²) in [6, 6.07) is 8.89. The summed E-state index contributed by atoms with van der Waals surface area (Å²) in [7, 11) is -3.80. The van der Waals surface area contributed by atoms with Crippen LogP contribution >= 0.6 is 11.6 Å². The third kappa shape index (κ3) is 4.19. The predicted molar refractivity (Wildman–Crippen MR) is 106 cm³/mol. The maximum absolute atomic E-state index is 13.1. The molecule has 7 nitrogen and oxygen atoms in total. The fourth-order valence-corrected chi connectivity index (χ4v) is 5.37. The summed E-state index contributed by atoms with van der Waals surface area (Å²) in [5.74, 6) is 0.636. The van der Waals surface area contributed by atoms with Gasteiger partial charge in [0.2, 0.25) is 16.8 Å². The van der Waals surface area contributed by atoms with Crippen LogP contribution < -0.4 is 14.2 Å². The van der Waals surface area contributed by atoms with Gasteiger partial charge in [-0.05, 0) is 43.2 Å². The van der Waals surface area contributed by atoms with Crippen molar-refractivity contribution in [1.29, 1.82) is 0 Å². The molecule has 0 aromatic heterocycles. The Morgan fingerprint density at radius 3 is 2.45 bits per heavy atom. The van der Waals surface area contributed by atoms with E-state index in [1.165, 1.54) is 22.5 Å². The van der Waals surface area contributed by atoms with Gasteiger partial charge in [-0.3, -0.25) is 0 Å². The van der Waals surface area contributed by atoms with Gasteiger partial charge in [-0.1, -0.05) is 24.4 Å². The average Bonchev–Trinajstić information content (AvgIpc) is 2.98. The zero-order valence-electron chi connectivity index (χ0n) is 15.6. The van der Waals surface area contributed by atoms with Crippen LogP contribution in [-0.2, 0) is 10.0 Å². The molecule has 0 N–H and O–H groups in total. The van der Waals surface area contributed by atoms with E-state index < -0.39 is 16.0 Å². The van der Waals surface area contributed by atoms with Crippen LogP contribution in [0.15, 0.2) is 41.3 Å². The van der Waals surface area contributed by atoms with E-state index >= 15 is 0 Å². The molecule has 0 radical (unpaired) electrons. The van der Waals surface area contributed by atoms with Gasteiger partial charge in [-0.15, -0.1) is 0 Å². The van der Waals surface area contributed by atoms with E-state index in [0.717, 1.165) is 25.7 Å². The molecule has 154 valence electrons.